The molecule has 0 unspecified atom stereocenters. The summed E-state index contributed by atoms with van der Waals surface area (Å²) in [5.74, 6) is 1.14. The molecule has 2 heteroatoms. The molecule has 0 N–H and O–H groups in total. The Balaban J connectivity index is 2.71. The number of quaternary nitrogens is 1. The van der Waals surface area contributed by atoms with Gasteiger partial charge in [-0.15, -0.1) is 0 Å². The van der Waals surface area contributed by atoms with Crippen molar-refractivity contribution in [1.82, 2.24) is 4.48 Å². The summed E-state index contributed by atoms with van der Waals surface area (Å²) in [6.45, 7) is 11.1. The zero-order chi connectivity index (χ0) is 14.6. The van der Waals surface area contributed by atoms with Crippen LogP contribution in [0.5, 0.6) is 5.75 Å². The van der Waals surface area contributed by atoms with Crippen LogP contribution in [0.15, 0.2) is 0 Å². The molecule has 1 aromatic rings. The molecule has 0 radical (unpaired) electrons. The van der Waals surface area contributed by atoms with Crippen molar-refractivity contribution in [3.8, 4) is 5.75 Å². The summed E-state index contributed by atoms with van der Waals surface area (Å²) in [6.07, 6.45) is 2.22. The molecule has 0 atom stereocenters. The van der Waals surface area contributed by atoms with Gasteiger partial charge in [-0.2, -0.15) is 0 Å². The van der Waals surface area contributed by atoms with Crippen molar-refractivity contribution in [2.45, 2.75) is 53.1 Å². The number of hydrogen-bond donors (Lipinski definition) is 0. The summed E-state index contributed by atoms with van der Waals surface area (Å²) in [5, 5.41) is 0. The van der Waals surface area contributed by atoms with Crippen molar-refractivity contribution >= 4 is 5.69 Å². The van der Waals surface area contributed by atoms with Crippen LogP contribution in [0, 0.1) is 20.8 Å². The third kappa shape index (κ3) is 2.38. The van der Waals surface area contributed by atoms with Gasteiger partial charge in [-0.25, -0.2) is 0 Å². The summed E-state index contributed by atoms with van der Waals surface area (Å²) >= 11 is 0. The first-order valence-electron chi connectivity index (χ1n) is 7.18. The number of ether oxygens (including phenoxy) is 1. The minimum absolute atomic E-state index is 0.0330. The largest absolute Gasteiger partial charge is 0.487 e. The van der Waals surface area contributed by atoms with Crippen LogP contribution in [0.2, 0.25) is 0 Å². The highest BCUT2D eigenvalue weighted by molar-refractivity contribution is 5.66. The first kappa shape index (κ1) is 14.4. The van der Waals surface area contributed by atoms with E-state index in [0.717, 1.165) is 23.1 Å². The first-order valence-corrected chi connectivity index (χ1v) is 7.18. The Morgan fingerprint density at radius 1 is 0.947 bits per heavy atom. The van der Waals surface area contributed by atoms with E-state index in [9.17, 15) is 0 Å². The summed E-state index contributed by atoms with van der Waals surface area (Å²) in [4.78, 5) is 0. The van der Waals surface area contributed by atoms with Crippen LogP contribution in [0.3, 0.4) is 0 Å². The zero-order valence-electron chi connectivity index (χ0n) is 13.8. The Morgan fingerprint density at radius 2 is 1.53 bits per heavy atom. The summed E-state index contributed by atoms with van der Waals surface area (Å²) in [5.41, 5.74) is 6.94. The molecule has 0 fully saturated rings. The lowest BCUT2D eigenvalue weighted by Gasteiger charge is -2.37. The maximum Gasteiger partial charge on any atom is 0.138 e. The van der Waals surface area contributed by atoms with Crippen LogP contribution in [0.1, 0.15) is 42.5 Å². The molecule has 0 saturated heterocycles. The van der Waals surface area contributed by atoms with Crippen LogP contribution < -0.4 is 9.22 Å². The van der Waals surface area contributed by atoms with Gasteiger partial charge in [-0.05, 0) is 47.5 Å². The number of hydrogen-bond acceptors (Lipinski definition) is 1. The Morgan fingerprint density at radius 3 is 2.05 bits per heavy atom. The Kier molecular flexibility index (Phi) is 3.21. The van der Waals surface area contributed by atoms with Crippen molar-refractivity contribution in [2.24, 2.45) is 0 Å². The van der Waals surface area contributed by atoms with E-state index in [4.69, 9.17) is 4.74 Å². The normalized spacial score (nSPS) is 17.9. The van der Waals surface area contributed by atoms with Gasteiger partial charge >= 0.3 is 0 Å². The van der Waals surface area contributed by atoms with Crippen LogP contribution in [-0.4, -0.2) is 26.7 Å². The van der Waals surface area contributed by atoms with Gasteiger partial charge in [0, 0.05) is 22.3 Å². The van der Waals surface area contributed by atoms with Crippen LogP contribution in [0.25, 0.3) is 0 Å². The molecule has 0 amide bonds. The number of benzene rings is 1. The molecule has 2 rings (SSSR count). The molecule has 0 bridgehead atoms. The summed E-state index contributed by atoms with van der Waals surface area (Å²) < 4.78 is 7.14. The molecule has 1 aliphatic rings. The molecule has 1 heterocycles. The van der Waals surface area contributed by atoms with Gasteiger partial charge in [-0.3, -0.25) is 4.48 Å². The fourth-order valence-electron chi connectivity index (χ4n) is 3.37. The Bertz CT molecular complexity index is 521. The molecule has 0 aromatic heterocycles. The SMILES string of the molecule is Cc1c(C)c([N+](C)(C)C)c(C)c2c1OC(C)(C)CC2. The van der Waals surface area contributed by atoms with Gasteiger partial charge in [-0.1, -0.05) is 0 Å². The number of fused-ring (bicyclic) bond motifs is 1. The number of rotatable bonds is 1. The lowest BCUT2D eigenvalue weighted by atomic mass is 9.87. The van der Waals surface area contributed by atoms with Crippen LogP contribution in [0.4, 0.5) is 5.69 Å². The van der Waals surface area contributed by atoms with Gasteiger partial charge in [0.2, 0.25) is 0 Å². The van der Waals surface area contributed by atoms with Crippen molar-refractivity contribution in [3.05, 3.63) is 22.3 Å². The van der Waals surface area contributed by atoms with Crippen molar-refractivity contribution in [3.63, 3.8) is 0 Å². The van der Waals surface area contributed by atoms with E-state index in [0.29, 0.717) is 0 Å². The minimum Gasteiger partial charge on any atom is -0.487 e. The monoisotopic (exact) mass is 262 g/mol. The molecule has 0 aliphatic carbocycles. The van der Waals surface area contributed by atoms with E-state index in [1.807, 2.05) is 0 Å². The lowest BCUT2D eigenvalue weighted by Crippen LogP contribution is -2.38. The average molecular weight is 262 g/mol. The highest BCUT2D eigenvalue weighted by Crippen LogP contribution is 2.44. The lowest BCUT2D eigenvalue weighted by molar-refractivity contribution is 0.0833. The molecule has 1 aliphatic heterocycles. The molecule has 2 nitrogen and oxygen atoms in total. The second kappa shape index (κ2) is 4.24. The molecular formula is C17H28NO+. The molecular weight excluding hydrogens is 234 g/mol. The van der Waals surface area contributed by atoms with E-state index in [2.05, 4.69) is 55.8 Å². The molecule has 19 heavy (non-hydrogen) atoms. The molecule has 106 valence electrons. The van der Waals surface area contributed by atoms with Crippen molar-refractivity contribution in [2.75, 3.05) is 21.1 Å². The van der Waals surface area contributed by atoms with E-state index in [-0.39, 0.29) is 5.60 Å². The number of nitrogens with zero attached hydrogens (tertiary/aromatic N) is 1. The second-order valence-electron chi connectivity index (χ2n) is 7.41. The van der Waals surface area contributed by atoms with Gasteiger partial charge in [0.25, 0.3) is 0 Å². The van der Waals surface area contributed by atoms with Gasteiger partial charge < -0.3 is 4.74 Å². The Labute approximate surface area is 118 Å². The van der Waals surface area contributed by atoms with Gasteiger partial charge in [0.05, 0.1) is 21.1 Å². The smallest absolute Gasteiger partial charge is 0.138 e. The summed E-state index contributed by atoms with van der Waals surface area (Å²) in [7, 11) is 6.73. The van der Waals surface area contributed by atoms with Crippen LogP contribution in [-0.2, 0) is 6.42 Å². The third-order valence-corrected chi connectivity index (χ3v) is 4.37. The van der Waals surface area contributed by atoms with Gasteiger partial charge in [0.1, 0.15) is 17.0 Å². The summed E-state index contributed by atoms with van der Waals surface area (Å²) in [6, 6.07) is 0. The third-order valence-electron chi connectivity index (χ3n) is 4.37. The highest BCUT2D eigenvalue weighted by Gasteiger charge is 2.33. The quantitative estimate of drug-likeness (QED) is 0.697. The highest BCUT2D eigenvalue weighted by atomic mass is 16.5. The molecule has 1 aromatic carbocycles. The first-order chi connectivity index (χ1) is 8.54. The predicted molar refractivity (Wildman–Crippen MR) is 83.2 cm³/mol. The molecule has 0 saturated carbocycles. The topological polar surface area (TPSA) is 9.23 Å². The fraction of sp³-hybridized carbons (Fsp3) is 0.647. The van der Waals surface area contributed by atoms with Crippen molar-refractivity contribution in [1.29, 1.82) is 0 Å². The van der Waals surface area contributed by atoms with E-state index < -0.39 is 0 Å². The average Bonchev–Trinajstić information content (AvgIpc) is 2.23. The van der Waals surface area contributed by atoms with Crippen LogP contribution >= 0.6 is 0 Å². The van der Waals surface area contributed by atoms with E-state index in [1.54, 1.807) is 0 Å². The van der Waals surface area contributed by atoms with Crippen molar-refractivity contribution < 1.29 is 4.74 Å². The van der Waals surface area contributed by atoms with E-state index in [1.165, 1.54) is 27.9 Å². The zero-order valence-corrected chi connectivity index (χ0v) is 13.8. The predicted octanol–water partition coefficient (Wildman–Crippen LogP) is 3.91. The molecule has 0 spiro atoms. The second-order valence-corrected chi connectivity index (χ2v) is 7.41. The Hall–Kier alpha value is -1.02. The van der Waals surface area contributed by atoms with E-state index >= 15 is 0 Å². The standard InChI is InChI=1S/C17H28NO/c1-11-12(2)16-14(9-10-17(4,5)19-16)13(3)15(11)18(6,7)8/h9-10H2,1-8H3/q+1. The maximum atomic E-state index is 6.27. The maximum absolute atomic E-state index is 6.27. The minimum atomic E-state index is -0.0330. The fourth-order valence-corrected chi connectivity index (χ4v) is 3.37. The van der Waals surface area contributed by atoms with Gasteiger partial charge in [0.15, 0.2) is 0 Å².